The summed E-state index contributed by atoms with van der Waals surface area (Å²) in [7, 11) is -6.09. The molecule has 114 valence electrons. The molecule has 0 radical (unpaired) electrons. The van der Waals surface area contributed by atoms with E-state index in [-0.39, 0.29) is 0 Å². The minimum absolute atomic E-state index is 0.881. The normalized spacial score (nSPS) is 19.7. The Morgan fingerprint density at radius 2 is 1.89 bits per heavy atom. The fraction of sp³-hybridized carbons (Fsp3) is 0.909. The van der Waals surface area contributed by atoms with Crippen LogP contribution in [0, 0.1) is 5.92 Å². The second kappa shape index (κ2) is 7.84. The van der Waals surface area contributed by atoms with Crippen molar-refractivity contribution in [3.8, 4) is 0 Å². The molecule has 8 heteroatoms. The Bertz CT molecular complexity index is 390. The van der Waals surface area contributed by atoms with Gasteiger partial charge >= 0.3 is 5.51 Å². The lowest BCUT2D eigenvalue weighted by Gasteiger charge is -2.08. The predicted molar refractivity (Wildman–Crippen MR) is 65.1 cm³/mol. The van der Waals surface area contributed by atoms with E-state index in [0.717, 1.165) is 5.92 Å². The summed E-state index contributed by atoms with van der Waals surface area (Å²) >= 11 is 0. The zero-order valence-electron chi connectivity index (χ0n) is 11.1. The van der Waals surface area contributed by atoms with Gasteiger partial charge in [-0.2, -0.15) is 13.2 Å². The average molecular weight is 303 g/mol. The van der Waals surface area contributed by atoms with Crippen molar-refractivity contribution < 1.29 is 30.7 Å². The van der Waals surface area contributed by atoms with Gasteiger partial charge in [0.25, 0.3) is 0 Å². The van der Waals surface area contributed by atoms with Crippen molar-refractivity contribution in [2.45, 2.75) is 45.0 Å². The molecule has 0 N–H and O–H groups in total. The molecular weight excluding hydrogens is 283 g/mol. The first-order valence-corrected chi connectivity index (χ1v) is 7.63. The van der Waals surface area contributed by atoms with Crippen LogP contribution in [0.15, 0.2) is 0 Å². The Balaban J connectivity index is 0.000000362. The van der Waals surface area contributed by atoms with Crippen molar-refractivity contribution in [3.63, 3.8) is 0 Å². The van der Waals surface area contributed by atoms with Gasteiger partial charge in [0.2, 0.25) is 0 Å². The van der Waals surface area contributed by atoms with E-state index in [2.05, 4.69) is 24.6 Å². The summed E-state index contributed by atoms with van der Waals surface area (Å²) in [6, 6.07) is 0. The van der Waals surface area contributed by atoms with Gasteiger partial charge in [0.15, 0.2) is 10.1 Å². The van der Waals surface area contributed by atoms with Gasteiger partial charge in [0.1, 0.15) is 19.3 Å². The van der Waals surface area contributed by atoms with E-state index >= 15 is 0 Å². The van der Waals surface area contributed by atoms with Crippen molar-refractivity contribution in [1.82, 2.24) is 0 Å². The molecule has 0 saturated carbocycles. The Labute approximate surface area is 112 Å². The van der Waals surface area contributed by atoms with Crippen molar-refractivity contribution in [3.05, 3.63) is 0 Å². The third-order valence-corrected chi connectivity index (χ3v) is 3.38. The summed E-state index contributed by atoms with van der Waals surface area (Å²) in [6.45, 7) is 7.13. The number of alkyl halides is 3. The molecule has 1 heterocycles. The maximum Gasteiger partial charge on any atom is 0.485 e. The van der Waals surface area contributed by atoms with Crippen LogP contribution in [0.1, 0.15) is 39.5 Å². The lowest BCUT2D eigenvalue weighted by atomic mass is 10.1. The van der Waals surface area contributed by atoms with Crippen LogP contribution in [0.3, 0.4) is 0 Å². The first kappa shape index (κ1) is 18.4. The van der Waals surface area contributed by atoms with Crippen molar-refractivity contribution >= 4 is 16.3 Å². The molecule has 0 bridgehead atoms. The number of unbranched alkanes of at least 4 members (excludes halogenated alkanes) is 1. The third-order valence-electron chi connectivity index (χ3n) is 2.82. The van der Waals surface area contributed by atoms with Crippen LogP contribution in [0.25, 0.3) is 0 Å². The first-order chi connectivity index (χ1) is 8.61. The highest BCUT2D eigenvalue weighted by Crippen LogP contribution is 2.20. The minimum Gasteiger partial charge on any atom is -0.741 e. The summed E-state index contributed by atoms with van der Waals surface area (Å²) in [4.78, 5) is 0. The lowest BCUT2D eigenvalue weighted by molar-refractivity contribution is -0.516. The van der Waals surface area contributed by atoms with E-state index in [9.17, 15) is 13.2 Å². The van der Waals surface area contributed by atoms with Crippen molar-refractivity contribution in [2.75, 3.05) is 13.1 Å². The van der Waals surface area contributed by atoms with Crippen LogP contribution in [-0.4, -0.2) is 42.4 Å². The Morgan fingerprint density at radius 3 is 2.21 bits per heavy atom. The second-order valence-corrected chi connectivity index (χ2v) is 5.77. The number of halogens is 3. The van der Waals surface area contributed by atoms with Crippen LogP contribution < -0.4 is 0 Å². The van der Waals surface area contributed by atoms with Gasteiger partial charge in [-0.05, 0) is 6.42 Å². The minimum atomic E-state index is -6.09. The van der Waals surface area contributed by atoms with Crippen molar-refractivity contribution in [1.29, 1.82) is 0 Å². The summed E-state index contributed by atoms with van der Waals surface area (Å²) in [6.07, 6.45) is 7.83. The van der Waals surface area contributed by atoms with E-state index in [1.807, 2.05) is 0 Å². The fourth-order valence-corrected chi connectivity index (χ4v) is 1.64. The van der Waals surface area contributed by atoms with Gasteiger partial charge in [-0.25, -0.2) is 13.0 Å². The van der Waals surface area contributed by atoms with E-state index in [4.69, 9.17) is 13.0 Å². The molecule has 0 aliphatic carbocycles. The zero-order valence-corrected chi connectivity index (χ0v) is 11.9. The van der Waals surface area contributed by atoms with E-state index in [1.54, 1.807) is 0 Å². The first-order valence-electron chi connectivity index (χ1n) is 6.23. The largest absolute Gasteiger partial charge is 0.741 e. The molecule has 1 aliphatic rings. The van der Waals surface area contributed by atoms with E-state index in [1.165, 1.54) is 38.8 Å². The lowest BCUT2D eigenvalue weighted by Crippen LogP contribution is -2.21. The van der Waals surface area contributed by atoms with Gasteiger partial charge in [-0.1, -0.05) is 20.3 Å². The molecule has 0 aromatic heterocycles. The van der Waals surface area contributed by atoms with Crippen LogP contribution in [0.2, 0.25) is 0 Å². The molecular formula is C11H20F3NO3S. The van der Waals surface area contributed by atoms with Gasteiger partial charge in [0.05, 0.1) is 0 Å². The highest BCUT2D eigenvalue weighted by molar-refractivity contribution is 7.86. The van der Waals surface area contributed by atoms with Gasteiger partial charge in [-0.3, -0.25) is 0 Å². The highest BCUT2D eigenvalue weighted by Gasteiger charge is 2.36. The van der Waals surface area contributed by atoms with Crippen LogP contribution in [-0.2, 0) is 10.1 Å². The molecule has 4 nitrogen and oxygen atoms in total. The van der Waals surface area contributed by atoms with Gasteiger partial charge in [0, 0.05) is 18.8 Å². The summed E-state index contributed by atoms with van der Waals surface area (Å²) < 4.78 is 61.4. The molecule has 19 heavy (non-hydrogen) atoms. The van der Waals surface area contributed by atoms with Crippen LogP contribution in [0.5, 0.6) is 0 Å². The monoisotopic (exact) mass is 303 g/mol. The van der Waals surface area contributed by atoms with Crippen molar-refractivity contribution in [2.24, 2.45) is 5.92 Å². The smallest absolute Gasteiger partial charge is 0.485 e. The molecule has 0 aromatic carbocycles. The Hall–Kier alpha value is -0.630. The standard InChI is InChI=1S/C10H20N.CHF3O3S/c1-3-5-7-11-8-6-10(4-2)9-11;2-1(3,4)8(5,6)7/h9-10H,3-8H2,1-2H3;(H,5,6,7)/q+1;/p-1. The second-order valence-electron chi connectivity index (χ2n) is 4.40. The molecule has 0 saturated heterocycles. The average Bonchev–Trinajstić information content (AvgIpc) is 2.72. The Kier molecular flexibility index (Phi) is 7.58. The molecule has 0 fully saturated rings. The number of nitrogens with zero attached hydrogens (tertiary/aromatic N) is 1. The molecule has 1 atom stereocenters. The SMILES string of the molecule is CCCC[N+]1=CC(CC)CC1.O=S(=O)([O-])C(F)(F)F. The molecule has 1 unspecified atom stereocenters. The predicted octanol–water partition coefficient (Wildman–Crippen LogP) is 2.35. The maximum absolute atomic E-state index is 10.7. The highest BCUT2D eigenvalue weighted by atomic mass is 32.2. The maximum atomic E-state index is 10.7. The zero-order chi connectivity index (χ0) is 15.1. The quantitative estimate of drug-likeness (QED) is 0.455. The van der Waals surface area contributed by atoms with Crippen LogP contribution >= 0.6 is 0 Å². The summed E-state index contributed by atoms with van der Waals surface area (Å²) in [5.74, 6) is 0.881. The van der Waals surface area contributed by atoms with E-state index in [0.29, 0.717) is 0 Å². The molecule has 0 spiro atoms. The van der Waals surface area contributed by atoms with E-state index < -0.39 is 15.6 Å². The Morgan fingerprint density at radius 1 is 1.37 bits per heavy atom. The fourth-order valence-electron chi connectivity index (χ4n) is 1.64. The number of rotatable bonds is 4. The third kappa shape index (κ3) is 7.51. The molecule has 0 amide bonds. The summed E-state index contributed by atoms with van der Waals surface area (Å²) in [5, 5.41) is 0. The number of hydrogen-bond acceptors (Lipinski definition) is 3. The van der Waals surface area contributed by atoms with Crippen LogP contribution in [0.4, 0.5) is 13.2 Å². The topological polar surface area (TPSA) is 60.2 Å². The molecule has 1 aliphatic heterocycles. The number of hydrogen-bond donors (Lipinski definition) is 0. The van der Waals surface area contributed by atoms with Gasteiger partial charge < -0.3 is 4.55 Å². The molecule has 0 aromatic rings. The summed E-state index contributed by atoms with van der Waals surface area (Å²) in [5.41, 5.74) is -5.65. The van der Waals surface area contributed by atoms with Gasteiger partial charge in [-0.15, -0.1) is 0 Å². The molecule has 1 rings (SSSR count).